The first-order chi connectivity index (χ1) is 26.4. The van der Waals surface area contributed by atoms with Gasteiger partial charge in [-0.25, -0.2) is 0 Å². The quantitative estimate of drug-likeness (QED) is 0.132. The molecule has 1 spiro atoms. The van der Waals surface area contributed by atoms with Crippen molar-refractivity contribution in [3.8, 4) is 0 Å². The van der Waals surface area contributed by atoms with E-state index in [1.54, 1.807) is 26.2 Å². The maximum Gasteiger partial charge on any atom is 0.316 e. The Balaban J connectivity index is 1.25. The van der Waals surface area contributed by atoms with Crippen molar-refractivity contribution in [3.05, 3.63) is 47.1 Å². The minimum absolute atomic E-state index is 0.0359. The smallest absolute Gasteiger partial charge is 0.316 e. The Morgan fingerprint density at radius 3 is 2.55 bits per heavy atom. The number of nitrogens with zero attached hydrogens (tertiary/aromatic N) is 1. The predicted molar refractivity (Wildman–Crippen MR) is 203 cm³/mol. The number of carbonyl (C=O) groups is 1. The van der Waals surface area contributed by atoms with E-state index in [2.05, 4.69) is 32.0 Å². The Bertz CT molecular complexity index is 1550. The Morgan fingerprint density at radius 1 is 1.02 bits per heavy atom. The van der Waals surface area contributed by atoms with E-state index in [1.807, 2.05) is 19.1 Å². The van der Waals surface area contributed by atoms with Crippen molar-refractivity contribution >= 4 is 11.7 Å². The number of carbonyl (C=O) groups excluding carboxylic acids is 1. The molecule has 1 saturated carbocycles. The summed E-state index contributed by atoms with van der Waals surface area (Å²) < 4.78 is 45.1. The number of allylic oxidation sites excluding steroid dienone is 2. The van der Waals surface area contributed by atoms with Crippen molar-refractivity contribution in [2.24, 2.45) is 28.8 Å². The second-order valence-electron chi connectivity index (χ2n) is 17.4. The predicted octanol–water partition coefficient (Wildman–Crippen LogP) is 6.07. The van der Waals surface area contributed by atoms with Crippen LogP contribution in [0, 0.1) is 23.7 Å². The summed E-state index contributed by atoms with van der Waals surface area (Å²) in [4.78, 5) is 14.4. The number of ether oxygens (including phenoxy) is 7. The van der Waals surface area contributed by atoms with Crippen LogP contribution >= 0.6 is 0 Å². The highest BCUT2D eigenvalue weighted by atomic mass is 16.7. The molecule has 306 valence electrons. The molecule has 12 heteroatoms. The molecular weight excluding hydrogens is 706 g/mol. The summed E-state index contributed by atoms with van der Waals surface area (Å²) in [7, 11) is 1.59. The number of esters is 1. The number of rotatable bonds is 4. The van der Waals surface area contributed by atoms with Gasteiger partial charge in [0.15, 0.2) is 12.1 Å². The molecule has 55 heavy (non-hydrogen) atoms. The summed E-state index contributed by atoms with van der Waals surface area (Å²) >= 11 is 0. The van der Waals surface area contributed by atoms with Gasteiger partial charge in [-0.2, -0.15) is 0 Å². The lowest BCUT2D eigenvalue weighted by Crippen LogP contribution is -2.57. The zero-order valence-electron chi connectivity index (χ0n) is 33.4. The normalized spacial score (nSPS) is 47.9. The summed E-state index contributed by atoms with van der Waals surface area (Å²) in [5.41, 5.74) is 0.362. The molecule has 0 aromatic carbocycles. The summed E-state index contributed by atoms with van der Waals surface area (Å²) in [5.74, 6) is -1.83. The van der Waals surface area contributed by atoms with E-state index in [0.29, 0.717) is 55.1 Å². The molecule has 3 N–H and O–H groups in total. The van der Waals surface area contributed by atoms with Crippen molar-refractivity contribution in [1.29, 1.82) is 0 Å². The standard InChI is InChI=1S/C43H63NO11/c1-24-11-10-14-30-23-50-40-36(44-48)27(4)19-33(43(30,40)47)41(46)52-32-20-31(16-15-25(2)38(24)53-35-21-34(49-6)37(45)28(5)51-35)54-42(22-32)18-17-26(3)39(55-42)29-12-8-7-9-13-29/h10-11,14-15,19,24,26,28-29,31-35,37-40,45,47-48H,7-9,12-13,16-18,20-23H2,1-6H3/b11-10+,25-15+,30-14+,44-36-/t24-,26?,28?,31?,32?,33+,34?,35?,37?,38+,39?,40?,42+,43-/m0/s1. The lowest BCUT2D eigenvalue weighted by molar-refractivity contribution is -0.342. The molecule has 9 unspecified atom stereocenters. The zero-order chi connectivity index (χ0) is 39.1. The van der Waals surface area contributed by atoms with Crippen molar-refractivity contribution in [2.75, 3.05) is 13.7 Å². The SMILES string of the molecule is COC1CC(O[C@H]2/C(C)=C/CC3CC(C[C@]4(CCC(C)C(C5CCCCC5)O4)O3)OC(=O)[C@H]3C=C(C)/C(=N/O)C4OC/C(=C\C=C\[C@@H]2C)[C@@]43O)OC(C)C1O. The number of oxime groups is 1. The molecule has 14 atom stereocenters. The fourth-order valence-corrected chi connectivity index (χ4v) is 10.4. The zero-order valence-corrected chi connectivity index (χ0v) is 33.4. The Hall–Kier alpha value is -2.42. The molecule has 4 saturated heterocycles. The van der Waals surface area contributed by atoms with E-state index in [1.165, 1.54) is 19.3 Å². The molecule has 2 bridgehead atoms. The highest BCUT2D eigenvalue weighted by Crippen LogP contribution is 2.48. The minimum Gasteiger partial charge on any atom is -0.462 e. The summed E-state index contributed by atoms with van der Waals surface area (Å²) in [6, 6.07) is 0. The molecular formula is C43H63NO11. The molecule has 5 aliphatic heterocycles. The molecule has 0 aromatic rings. The molecule has 5 fully saturated rings. The van der Waals surface area contributed by atoms with Crippen LogP contribution in [0.3, 0.4) is 0 Å². The summed E-state index contributed by atoms with van der Waals surface area (Å²) in [5, 5.41) is 36.7. The average Bonchev–Trinajstić information content (AvgIpc) is 3.50. The molecule has 12 nitrogen and oxygen atoms in total. The second-order valence-corrected chi connectivity index (χ2v) is 17.4. The third-order valence-corrected chi connectivity index (χ3v) is 13.6. The first kappa shape index (κ1) is 40.8. The van der Waals surface area contributed by atoms with Gasteiger partial charge in [0.2, 0.25) is 0 Å². The van der Waals surface area contributed by atoms with Crippen LogP contribution in [-0.4, -0.2) is 107 Å². The van der Waals surface area contributed by atoms with Crippen molar-refractivity contribution in [2.45, 2.75) is 172 Å². The van der Waals surface area contributed by atoms with Crippen LogP contribution in [0.4, 0.5) is 0 Å². The first-order valence-corrected chi connectivity index (χ1v) is 20.7. The van der Waals surface area contributed by atoms with E-state index in [-0.39, 0.29) is 30.4 Å². The van der Waals surface area contributed by atoms with Crippen LogP contribution in [0.15, 0.2) is 52.3 Å². The van der Waals surface area contributed by atoms with Gasteiger partial charge in [0.05, 0.1) is 37.1 Å². The fourth-order valence-electron chi connectivity index (χ4n) is 10.4. The molecule has 0 radical (unpaired) electrons. The highest BCUT2D eigenvalue weighted by Gasteiger charge is 2.60. The van der Waals surface area contributed by atoms with E-state index in [0.717, 1.165) is 24.8 Å². The third kappa shape index (κ3) is 8.17. The van der Waals surface area contributed by atoms with Gasteiger partial charge in [-0.15, -0.1) is 0 Å². The van der Waals surface area contributed by atoms with Crippen molar-refractivity contribution in [3.63, 3.8) is 0 Å². The number of methoxy groups -OCH3 is 1. The number of aliphatic hydroxyl groups is 2. The topological polar surface area (TPSA) is 155 Å². The van der Waals surface area contributed by atoms with E-state index in [9.17, 15) is 20.2 Å². The highest BCUT2D eigenvalue weighted by molar-refractivity contribution is 6.06. The first-order valence-electron chi connectivity index (χ1n) is 20.7. The maximum absolute atomic E-state index is 14.4. The maximum atomic E-state index is 14.4. The summed E-state index contributed by atoms with van der Waals surface area (Å²) in [6.45, 7) is 10.0. The minimum atomic E-state index is -1.83. The van der Waals surface area contributed by atoms with E-state index in [4.69, 9.17) is 33.2 Å². The molecule has 7 aliphatic rings. The van der Waals surface area contributed by atoms with Crippen LogP contribution in [-0.2, 0) is 38.0 Å². The van der Waals surface area contributed by atoms with Crippen LogP contribution in [0.2, 0.25) is 0 Å². The number of aliphatic hydroxyl groups excluding tert-OH is 1. The largest absolute Gasteiger partial charge is 0.462 e. The molecule has 5 heterocycles. The van der Waals surface area contributed by atoms with Gasteiger partial charge >= 0.3 is 5.97 Å². The third-order valence-electron chi connectivity index (χ3n) is 13.6. The number of hydrogen-bond acceptors (Lipinski definition) is 12. The second kappa shape index (κ2) is 16.8. The monoisotopic (exact) mass is 769 g/mol. The van der Waals surface area contributed by atoms with Gasteiger partial charge in [0.1, 0.15) is 35.5 Å². The Morgan fingerprint density at radius 2 is 1.80 bits per heavy atom. The number of fused-ring (bicyclic) bond motifs is 2. The lowest BCUT2D eigenvalue weighted by atomic mass is 9.71. The van der Waals surface area contributed by atoms with Gasteiger partial charge in [-0.1, -0.05) is 68.6 Å². The summed E-state index contributed by atoms with van der Waals surface area (Å²) in [6.07, 6.45) is 14.4. The molecule has 7 rings (SSSR count). The van der Waals surface area contributed by atoms with E-state index >= 15 is 0 Å². The van der Waals surface area contributed by atoms with Crippen LogP contribution < -0.4 is 0 Å². The van der Waals surface area contributed by atoms with Crippen LogP contribution in [0.25, 0.3) is 0 Å². The van der Waals surface area contributed by atoms with Crippen molar-refractivity contribution in [1.82, 2.24) is 0 Å². The van der Waals surface area contributed by atoms with Gasteiger partial charge in [0, 0.05) is 38.7 Å². The molecule has 2 aliphatic carbocycles. The Labute approximate surface area is 325 Å². The van der Waals surface area contributed by atoms with Gasteiger partial charge < -0.3 is 48.6 Å². The van der Waals surface area contributed by atoms with Crippen LogP contribution in [0.5, 0.6) is 0 Å². The fraction of sp³-hybridized carbons (Fsp3) is 0.767. The molecule has 0 aromatic heterocycles. The van der Waals surface area contributed by atoms with Gasteiger partial charge in [-0.05, 0) is 75.0 Å². The van der Waals surface area contributed by atoms with E-state index < -0.39 is 66.2 Å². The van der Waals surface area contributed by atoms with Gasteiger partial charge in [-0.3, -0.25) is 4.79 Å². The lowest BCUT2D eigenvalue weighted by Gasteiger charge is -2.51. The number of hydrogen-bond donors (Lipinski definition) is 3. The van der Waals surface area contributed by atoms with Crippen LogP contribution in [0.1, 0.15) is 105 Å². The molecule has 0 amide bonds. The van der Waals surface area contributed by atoms with Gasteiger partial charge in [0.25, 0.3) is 0 Å². The average molecular weight is 770 g/mol. The van der Waals surface area contributed by atoms with Crippen molar-refractivity contribution < 1.29 is 53.4 Å². The Kier molecular flexibility index (Phi) is 12.5.